The van der Waals surface area contributed by atoms with Crippen LogP contribution in [0.3, 0.4) is 0 Å². The monoisotopic (exact) mass is 323 g/mol. The van der Waals surface area contributed by atoms with Gasteiger partial charge in [0.2, 0.25) is 0 Å². The van der Waals surface area contributed by atoms with Crippen molar-refractivity contribution < 1.29 is 9.13 Å². The van der Waals surface area contributed by atoms with Gasteiger partial charge in [-0.25, -0.2) is 4.39 Å². The molecule has 0 aliphatic heterocycles. The first-order valence-corrected chi connectivity index (χ1v) is 6.82. The Kier molecular flexibility index (Phi) is 4.93. The second kappa shape index (κ2) is 6.68. The summed E-state index contributed by atoms with van der Waals surface area (Å²) < 4.78 is 19.4. The van der Waals surface area contributed by atoms with Crippen molar-refractivity contribution in [1.82, 2.24) is 0 Å². The first-order chi connectivity index (χ1) is 9.16. The SMILES string of the molecule is NC(COc1ccccc1)Cc1cccc(F)c1Br. The number of benzene rings is 2. The molecule has 0 saturated carbocycles. The van der Waals surface area contributed by atoms with Gasteiger partial charge in [-0.15, -0.1) is 0 Å². The van der Waals surface area contributed by atoms with Gasteiger partial charge in [-0.05, 0) is 46.1 Å². The van der Waals surface area contributed by atoms with E-state index in [1.165, 1.54) is 6.07 Å². The van der Waals surface area contributed by atoms with Crippen LogP contribution in [-0.2, 0) is 6.42 Å². The lowest BCUT2D eigenvalue weighted by Gasteiger charge is -2.14. The maximum absolute atomic E-state index is 13.4. The molecule has 0 aliphatic carbocycles. The highest BCUT2D eigenvalue weighted by Gasteiger charge is 2.10. The van der Waals surface area contributed by atoms with Crippen molar-refractivity contribution in [2.45, 2.75) is 12.5 Å². The van der Waals surface area contributed by atoms with Crippen molar-refractivity contribution in [1.29, 1.82) is 0 Å². The van der Waals surface area contributed by atoms with E-state index in [2.05, 4.69) is 15.9 Å². The van der Waals surface area contributed by atoms with Gasteiger partial charge in [0.05, 0.1) is 4.47 Å². The van der Waals surface area contributed by atoms with E-state index in [4.69, 9.17) is 10.5 Å². The van der Waals surface area contributed by atoms with Gasteiger partial charge in [0.1, 0.15) is 18.2 Å². The van der Waals surface area contributed by atoms with Crippen LogP contribution in [0.5, 0.6) is 5.75 Å². The summed E-state index contributed by atoms with van der Waals surface area (Å²) in [5, 5.41) is 0. The fourth-order valence-electron chi connectivity index (χ4n) is 1.77. The summed E-state index contributed by atoms with van der Waals surface area (Å²) in [5.74, 6) is 0.518. The maximum atomic E-state index is 13.4. The number of nitrogens with two attached hydrogens (primary N) is 1. The van der Waals surface area contributed by atoms with Crippen LogP contribution in [0.15, 0.2) is 53.0 Å². The van der Waals surface area contributed by atoms with Crippen LogP contribution in [0, 0.1) is 5.82 Å². The number of ether oxygens (including phenoxy) is 1. The average molecular weight is 324 g/mol. The third-order valence-corrected chi connectivity index (χ3v) is 3.61. The predicted octanol–water partition coefficient (Wildman–Crippen LogP) is 3.54. The summed E-state index contributed by atoms with van der Waals surface area (Å²) in [6.45, 7) is 0.396. The molecule has 0 spiro atoms. The molecule has 0 fully saturated rings. The molecule has 0 heterocycles. The van der Waals surface area contributed by atoms with Gasteiger partial charge in [-0.1, -0.05) is 30.3 Å². The molecule has 2 nitrogen and oxygen atoms in total. The molecule has 0 aromatic heterocycles. The molecular formula is C15H15BrFNO. The molecule has 0 bridgehead atoms. The topological polar surface area (TPSA) is 35.2 Å². The third-order valence-electron chi connectivity index (χ3n) is 2.72. The average Bonchev–Trinajstić information content (AvgIpc) is 2.43. The highest BCUT2D eigenvalue weighted by Crippen LogP contribution is 2.21. The normalized spacial score (nSPS) is 12.2. The molecule has 1 unspecified atom stereocenters. The molecule has 100 valence electrons. The molecule has 2 aromatic rings. The van der Waals surface area contributed by atoms with Gasteiger partial charge in [0.25, 0.3) is 0 Å². The van der Waals surface area contributed by atoms with Crippen LogP contribution >= 0.6 is 15.9 Å². The Morgan fingerprint density at radius 1 is 1.11 bits per heavy atom. The Hall–Kier alpha value is -1.39. The molecule has 4 heteroatoms. The van der Waals surface area contributed by atoms with E-state index in [1.807, 2.05) is 36.4 Å². The van der Waals surface area contributed by atoms with E-state index in [0.717, 1.165) is 11.3 Å². The smallest absolute Gasteiger partial charge is 0.137 e. The molecule has 0 radical (unpaired) electrons. The summed E-state index contributed by atoms with van der Waals surface area (Å²) >= 11 is 3.23. The van der Waals surface area contributed by atoms with Gasteiger partial charge >= 0.3 is 0 Å². The minimum Gasteiger partial charge on any atom is -0.492 e. The Labute approximate surface area is 120 Å². The van der Waals surface area contributed by atoms with E-state index < -0.39 is 0 Å². The number of para-hydroxylation sites is 1. The van der Waals surface area contributed by atoms with Gasteiger partial charge in [-0.3, -0.25) is 0 Å². The van der Waals surface area contributed by atoms with Crippen LogP contribution in [0.4, 0.5) is 4.39 Å². The Morgan fingerprint density at radius 2 is 1.84 bits per heavy atom. The highest BCUT2D eigenvalue weighted by atomic mass is 79.9. The number of rotatable bonds is 5. The third kappa shape index (κ3) is 4.04. The predicted molar refractivity (Wildman–Crippen MR) is 77.7 cm³/mol. The zero-order valence-electron chi connectivity index (χ0n) is 10.4. The molecular weight excluding hydrogens is 309 g/mol. The summed E-state index contributed by atoms with van der Waals surface area (Å²) in [4.78, 5) is 0. The van der Waals surface area contributed by atoms with Gasteiger partial charge < -0.3 is 10.5 Å². The highest BCUT2D eigenvalue weighted by molar-refractivity contribution is 9.10. The lowest BCUT2D eigenvalue weighted by atomic mass is 10.1. The summed E-state index contributed by atoms with van der Waals surface area (Å²) in [5.41, 5.74) is 6.86. The number of hydrogen-bond acceptors (Lipinski definition) is 2. The molecule has 0 aliphatic rings. The number of halogens is 2. The minimum atomic E-state index is -0.270. The Balaban J connectivity index is 1.91. The van der Waals surface area contributed by atoms with E-state index in [0.29, 0.717) is 17.5 Å². The summed E-state index contributed by atoms with van der Waals surface area (Å²) in [6, 6.07) is 14.3. The lowest BCUT2D eigenvalue weighted by molar-refractivity contribution is 0.287. The molecule has 19 heavy (non-hydrogen) atoms. The van der Waals surface area contributed by atoms with Crippen molar-refractivity contribution in [2.75, 3.05) is 6.61 Å². The Bertz CT molecular complexity index is 533. The molecule has 2 aromatic carbocycles. The largest absolute Gasteiger partial charge is 0.492 e. The molecule has 2 N–H and O–H groups in total. The van der Waals surface area contributed by atoms with Crippen molar-refractivity contribution in [2.24, 2.45) is 5.73 Å². The minimum absolute atomic E-state index is 0.182. The van der Waals surface area contributed by atoms with E-state index >= 15 is 0 Å². The zero-order valence-corrected chi connectivity index (χ0v) is 11.9. The summed E-state index contributed by atoms with van der Waals surface area (Å²) in [7, 11) is 0. The van der Waals surface area contributed by atoms with Crippen LogP contribution in [0.2, 0.25) is 0 Å². The van der Waals surface area contributed by atoms with Crippen molar-refractivity contribution in [3.63, 3.8) is 0 Å². The number of hydrogen-bond donors (Lipinski definition) is 1. The molecule has 0 amide bonds. The second-order valence-corrected chi connectivity index (χ2v) is 5.09. The Morgan fingerprint density at radius 3 is 2.58 bits per heavy atom. The zero-order chi connectivity index (χ0) is 13.7. The summed E-state index contributed by atoms with van der Waals surface area (Å²) in [6.07, 6.45) is 0.561. The molecule has 1 atom stereocenters. The van der Waals surface area contributed by atoms with Crippen molar-refractivity contribution >= 4 is 15.9 Å². The molecule has 2 rings (SSSR count). The van der Waals surface area contributed by atoms with Crippen LogP contribution < -0.4 is 10.5 Å². The quantitative estimate of drug-likeness (QED) is 0.913. The second-order valence-electron chi connectivity index (χ2n) is 4.30. The van der Waals surface area contributed by atoms with Crippen molar-refractivity contribution in [3.8, 4) is 5.75 Å². The van der Waals surface area contributed by atoms with Crippen LogP contribution in [0.1, 0.15) is 5.56 Å². The maximum Gasteiger partial charge on any atom is 0.137 e. The fraction of sp³-hybridized carbons (Fsp3) is 0.200. The van der Waals surface area contributed by atoms with Gasteiger partial charge in [-0.2, -0.15) is 0 Å². The van der Waals surface area contributed by atoms with Gasteiger partial charge in [0.15, 0.2) is 0 Å². The van der Waals surface area contributed by atoms with Gasteiger partial charge in [0, 0.05) is 6.04 Å². The van der Waals surface area contributed by atoms with E-state index in [-0.39, 0.29) is 11.9 Å². The van der Waals surface area contributed by atoms with Crippen LogP contribution in [-0.4, -0.2) is 12.6 Å². The van der Waals surface area contributed by atoms with E-state index in [9.17, 15) is 4.39 Å². The lowest BCUT2D eigenvalue weighted by Crippen LogP contribution is -2.30. The van der Waals surface area contributed by atoms with Crippen molar-refractivity contribution in [3.05, 3.63) is 64.4 Å². The van der Waals surface area contributed by atoms with E-state index in [1.54, 1.807) is 6.07 Å². The first-order valence-electron chi connectivity index (χ1n) is 6.03. The fourth-order valence-corrected chi connectivity index (χ4v) is 2.19. The molecule has 0 saturated heterocycles. The standard InChI is InChI=1S/C15H15BrFNO/c16-15-11(5-4-8-14(15)17)9-12(18)10-19-13-6-2-1-3-7-13/h1-8,12H,9-10,18H2. The van der Waals surface area contributed by atoms with Crippen LogP contribution in [0.25, 0.3) is 0 Å². The first kappa shape index (κ1) is 14.0.